The van der Waals surface area contributed by atoms with Crippen molar-refractivity contribution in [2.75, 3.05) is 19.8 Å². The first-order valence-corrected chi connectivity index (χ1v) is 9.26. The summed E-state index contributed by atoms with van der Waals surface area (Å²) in [7, 11) is 0. The summed E-state index contributed by atoms with van der Waals surface area (Å²) < 4.78 is 4.94. The van der Waals surface area contributed by atoms with Crippen LogP contribution in [-0.2, 0) is 21.1 Å². The van der Waals surface area contributed by atoms with E-state index >= 15 is 0 Å². The highest BCUT2D eigenvalue weighted by atomic mass is 32.5. The lowest BCUT2D eigenvalue weighted by atomic mass is 10.0. The monoisotopic (exact) mass is 312 g/mol. The number of aliphatic hydroxyl groups is 1. The molecule has 0 aliphatic carbocycles. The molecule has 0 aromatic carbocycles. The Hall–Kier alpha value is -0.0400. The van der Waals surface area contributed by atoms with E-state index in [1.54, 1.807) is 0 Å². The summed E-state index contributed by atoms with van der Waals surface area (Å²) in [5.41, 5.74) is 5.21. The summed E-state index contributed by atoms with van der Waals surface area (Å²) in [6, 6.07) is 0. The molecule has 0 saturated heterocycles. The van der Waals surface area contributed by atoms with Gasteiger partial charge < -0.3 is 19.8 Å². The zero-order chi connectivity index (χ0) is 14.7. The SMILES string of the molecule is CCCC(=O)NCCCCC(CO)COP(N)(O)=S. The van der Waals surface area contributed by atoms with Crippen LogP contribution < -0.4 is 10.8 Å². The standard InChI is InChI=1S/C11H25N2O4PS/c1-2-5-11(15)13-7-4-3-6-10(8-14)9-17-18(12,16)19/h10,14H,2-9H2,1H3,(H,13,15)(H3,12,16,19). The van der Waals surface area contributed by atoms with Gasteiger partial charge in [-0.05, 0) is 31.1 Å². The van der Waals surface area contributed by atoms with Gasteiger partial charge in [0.2, 0.25) is 5.91 Å². The molecular weight excluding hydrogens is 287 g/mol. The zero-order valence-electron chi connectivity index (χ0n) is 11.4. The van der Waals surface area contributed by atoms with Gasteiger partial charge in [-0.3, -0.25) is 10.3 Å². The maximum absolute atomic E-state index is 11.2. The first-order chi connectivity index (χ1) is 8.89. The van der Waals surface area contributed by atoms with Gasteiger partial charge in [0.05, 0.1) is 6.61 Å². The molecule has 0 bridgehead atoms. The molecule has 6 nitrogen and oxygen atoms in total. The lowest BCUT2D eigenvalue weighted by Gasteiger charge is -2.16. The van der Waals surface area contributed by atoms with Crippen LogP contribution in [0.5, 0.6) is 0 Å². The van der Waals surface area contributed by atoms with Gasteiger partial charge >= 0.3 is 0 Å². The van der Waals surface area contributed by atoms with E-state index in [0.29, 0.717) is 13.0 Å². The van der Waals surface area contributed by atoms with Crippen LogP contribution in [0.4, 0.5) is 0 Å². The normalized spacial score (nSPS) is 15.8. The number of aliphatic hydroxyl groups excluding tert-OH is 1. The third kappa shape index (κ3) is 12.7. The number of carbonyl (C=O) groups excluding carboxylic acids is 1. The highest BCUT2D eigenvalue weighted by Crippen LogP contribution is 2.32. The summed E-state index contributed by atoms with van der Waals surface area (Å²) >= 11 is 4.55. The van der Waals surface area contributed by atoms with Crippen molar-refractivity contribution in [1.29, 1.82) is 0 Å². The Labute approximate surface area is 119 Å². The molecule has 5 N–H and O–H groups in total. The highest BCUT2D eigenvalue weighted by molar-refractivity contribution is 8.08. The fourth-order valence-electron chi connectivity index (χ4n) is 1.54. The molecule has 8 heteroatoms. The first kappa shape index (κ1) is 19.0. The molecule has 0 fully saturated rings. The fourth-order valence-corrected chi connectivity index (χ4v) is 2.15. The number of hydrogen-bond donors (Lipinski definition) is 4. The van der Waals surface area contributed by atoms with Crippen molar-refractivity contribution in [1.82, 2.24) is 5.32 Å². The van der Waals surface area contributed by atoms with Gasteiger partial charge in [-0.2, -0.15) is 0 Å². The van der Waals surface area contributed by atoms with Crippen molar-refractivity contribution >= 4 is 24.4 Å². The molecule has 0 heterocycles. The number of amides is 1. The number of unbranched alkanes of at least 4 members (excludes halogenated alkanes) is 1. The average molecular weight is 312 g/mol. The Kier molecular flexibility index (Phi) is 10.7. The Balaban J connectivity index is 3.61. The third-order valence-electron chi connectivity index (χ3n) is 2.59. The molecule has 0 aliphatic heterocycles. The van der Waals surface area contributed by atoms with Crippen LogP contribution >= 0.6 is 6.64 Å². The molecule has 0 saturated carbocycles. The van der Waals surface area contributed by atoms with Gasteiger partial charge in [0.1, 0.15) is 0 Å². The number of hydrogen-bond acceptors (Lipinski definition) is 4. The zero-order valence-corrected chi connectivity index (χ0v) is 13.1. The van der Waals surface area contributed by atoms with Crippen molar-refractivity contribution in [2.24, 2.45) is 11.4 Å². The summed E-state index contributed by atoms with van der Waals surface area (Å²) in [6.07, 6.45) is 3.86. The predicted molar refractivity (Wildman–Crippen MR) is 79.0 cm³/mol. The Bertz CT molecular complexity index is 298. The molecule has 0 aromatic rings. The van der Waals surface area contributed by atoms with Crippen LogP contribution in [0.15, 0.2) is 0 Å². The number of nitrogens with two attached hydrogens (primary N) is 1. The molecule has 0 radical (unpaired) electrons. The van der Waals surface area contributed by atoms with Gasteiger partial charge in [0.25, 0.3) is 6.64 Å². The lowest BCUT2D eigenvalue weighted by molar-refractivity contribution is -0.121. The van der Waals surface area contributed by atoms with Crippen molar-refractivity contribution in [2.45, 2.75) is 39.0 Å². The third-order valence-corrected chi connectivity index (χ3v) is 3.43. The Morgan fingerprint density at radius 1 is 1.53 bits per heavy atom. The maximum atomic E-state index is 11.2. The molecule has 2 unspecified atom stereocenters. The predicted octanol–water partition coefficient (Wildman–Crippen LogP) is 0.874. The van der Waals surface area contributed by atoms with E-state index in [-0.39, 0.29) is 25.0 Å². The van der Waals surface area contributed by atoms with E-state index in [4.69, 9.17) is 20.0 Å². The van der Waals surface area contributed by atoms with Gasteiger partial charge in [-0.25, -0.2) is 0 Å². The number of nitrogens with one attached hydrogen (secondary N) is 1. The van der Waals surface area contributed by atoms with Gasteiger partial charge in [-0.15, -0.1) is 0 Å². The van der Waals surface area contributed by atoms with Crippen molar-refractivity contribution in [3.63, 3.8) is 0 Å². The second-order valence-corrected chi connectivity index (χ2v) is 7.46. The van der Waals surface area contributed by atoms with E-state index < -0.39 is 6.64 Å². The summed E-state index contributed by atoms with van der Waals surface area (Å²) in [5.74, 6) is -0.00184. The summed E-state index contributed by atoms with van der Waals surface area (Å²) in [4.78, 5) is 20.3. The van der Waals surface area contributed by atoms with Crippen molar-refractivity contribution in [3.8, 4) is 0 Å². The minimum Gasteiger partial charge on any atom is -0.396 e. The van der Waals surface area contributed by atoms with Crippen molar-refractivity contribution < 1.29 is 19.3 Å². The van der Waals surface area contributed by atoms with Gasteiger partial charge in [0, 0.05) is 25.5 Å². The van der Waals surface area contributed by atoms with E-state index in [2.05, 4.69) is 17.1 Å². The Morgan fingerprint density at radius 2 is 2.21 bits per heavy atom. The van der Waals surface area contributed by atoms with Crippen LogP contribution in [0.1, 0.15) is 39.0 Å². The van der Waals surface area contributed by atoms with Crippen LogP contribution in [0.25, 0.3) is 0 Å². The van der Waals surface area contributed by atoms with E-state index in [1.807, 2.05) is 6.92 Å². The van der Waals surface area contributed by atoms with Crippen LogP contribution in [0, 0.1) is 5.92 Å². The molecule has 114 valence electrons. The second kappa shape index (κ2) is 10.7. The average Bonchev–Trinajstić information content (AvgIpc) is 2.31. The summed E-state index contributed by atoms with van der Waals surface area (Å²) in [5, 5.41) is 12.0. The Morgan fingerprint density at radius 3 is 2.74 bits per heavy atom. The molecule has 0 aliphatic rings. The molecule has 0 aromatic heterocycles. The molecule has 0 rings (SSSR count). The number of rotatable bonds is 11. The number of carbonyl (C=O) groups is 1. The van der Waals surface area contributed by atoms with Crippen LogP contribution in [0.2, 0.25) is 0 Å². The lowest BCUT2D eigenvalue weighted by Crippen LogP contribution is -2.24. The highest BCUT2D eigenvalue weighted by Gasteiger charge is 2.12. The minimum atomic E-state index is -3.13. The molecule has 2 atom stereocenters. The largest absolute Gasteiger partial charge is 0.396 e. The van der Waals surface area contributed by atoms with E-state index in [1.165, 1.54) is 0 Å². The van der Waals surface area contributed by atoms with E-state index in [9.17, 15) is 4.79 Å². The second-order valence-electron chi connectivity index (χ2n) is 4.50. The van der Waals surface area contributed by atoms with Crippen LogP contribution in [-0.4, -0.2) is 35.7 Å². The minimum absolute atomic E-state index is 0.0302. The molecule has 19 heavy (non-hydrogen) atoms. The topological polar surface area (TPSA) is 105 Å². The smallest absolute Gasteiger partial charge is 0.255 e. The van der Waals surface area contributed by atoms with Gasteiger partial charge in [-0.1, -0.05) is 13.3 Å². The molecule has 1 amide bonds. The fraction of sp³-hybridized carbons (Fsp3) is 0.909. The quantitative estimate of drug-likeness (QED) is 0.333. The first-order valence-electron chi connectivity index (χ1n) is 6.52. The molecule has 0 spiro atoms. The summed E-state index contributed by atoms with van der Waals surface area (Å²) in [6.45, 7) is -0.384. The van der Waals surface area contributed by atoms with Crippen molar-refractivity contribution in [3.05, 3.63) is 0 Å². The van der Waals surface area contributed by atoms with Crippen LogP contribution in [0.3, 0.4) is 0 Å². The maximum Gasteiger partial charge on any atom is 0.255 e. The van der Waals surface area contributed by atoms with Gasteiger partial charge in [0.15, 0.2) is 0 Å². The molecular formula is C11H25N2O4PS. The van der Waals surface area contributed by atoms with E-state index in [0.717, 1.165) is 25.7 Å².